The van der Waals surface area contributed by atoms with Crippen molar-refractivity contribution >= 4 is 11.0 Å². The summed E-state index contributed by atoms with van der Waals surface area (Å²) < 4.78 is 1.75. The fourth-order valence-electron chi connectivity index (χ4n) is 3.32. The summed E-state index contributed by atoms with van der Waals surface area (Å²) in [4.78, 5) is 14.7. The topological polar surface area (TPSA) is 49.8 Å². The van der Waals surface area contributed by atoms with E-state index in [4.69, 9.17) is 0 Å². The van der Waals surface area contributed by atoms with Gasteiger partial charge in [0.25, 0.3) is 0 Å². The number of imidazole rings is 1. The molecule has 0 atom stereocenters. The number of nitrogens with zero attached hydrogens (tertiary/aromatic N) is 1. The minimum absolute atomic E-state index is 0.0211. The number of aryl methyl sites for hydroxylation is 2. The van der Waals surface area contributed by atoms with Gasteiger partial charge >= 0.3 is 5.69 Å². The molecule has 4 heteroatoms. The van der Waals surface area contributed by atoms with E-state index in [1.165, 1.54) is 24.0 Å². The van der Waals surface area contributed by atoms with Crippen LogP contribution >= 0.6 is 0 Å². The number of rotatable bonds is 2. The van der Waals surface area contributed by atoms with Crippen LogP contribution in [0.25, 0.3) is 11.0 Å². The van der Waals surface area contributed by atoms with Crippen molar-refractivity contribution in [1.82, 2.24) is 14.9 Å². The monoisotopic (exact) mass is 259 g/mol. The normalized spacial score (nSPS) is 17.2. The Morgan fingerprint density at radius 2 is 2.05 bits per heavy atom. The lowest BCUT2D eigenvalue weighted by Gasteiger charge is -2.25. The average Bonchev–Trinajstić information content (AvgIpc) is 2.74. The quantitative estimate of drug-likeness (QED) is 0.865. The second kappa shape index (κ2) is 4.85. The molecule has 1 saturated heterocycles. The van der Waals surface area contributed by atoms with Gasteiger partial charge in [0.1, 0.15) is 0 Å². The van der Waals surface area contributed by atoms with E-state index in [0.29, 0.717) is 5.92 Å². The molecule has 0 aliphatic carbocycles. The molecule has 2 heterocycles. The van der Waals surface area contributed by atoms with Crippen LogP contribution < -0.4 is 11.0 Å². The molecule has 1 aromatic carbocycles. The first-order chi connectivity index (χ1) is 9.22. The largest absolute Gasteiger partial charge is 0.326 e. The summed E-state index contributed by atoms with van der Waals surface area (Å²) in [5, 5.41) is 3.41. The van der Waals surface area contributed by atoms with Crippen molar-refractivity contribution in [2.75, 3.05) is 13.1 Å². The Bertz CT molecular complexity index is 647. The van der Waals surface area contributed by atoms with Crippen molar-refractivity contribution < 1.29 is 0 Å². The molecular weight excluding hydrogens is 238 g/mol. The second-order valence-corrected chi connectivity index (χ2v) is 5.40. The first-order valence-corrected chi connectivity index (χ1v) is 7.13. The number of aromatic amines is 1. The van der Waals surface area contributed by atoms with Crippen LogP contribution in [0.15, 0.2) is 16.9 Å². The van der Waals surface area contributed by atoms with Crippen LogP contribution in [0.4, 0.5) is 0 Å². The van der Waals surface area contributed by atoms with Gasteiger partial charge in [-0.1, -0.05) is 13.0 Å². The third-order valence-electron chi connectivity index (χ3n) is 4.33. The molecular formula is C15H21N3O. The predicted octanol–water partition coefficient (Wildman–Crippen LogP) is 1.90. The number of piperidine rings is 1. The highest BCUT2D eigenvalue weighted by Gasteiger charge is 2.20. The maximum absolute atomic E-state index is 11.8. The number of benzene rings is 1. The Kier molecular flexibility index (Phi) is 3.19. The molecule has 0 amide bonds. The number of hydrogen-bond donors (Lipinski definition) is 2. The molecule has 1 aromatic heterocycles. The second-order valence-electron chi connectivity index (χ2n) is 5.40. The number of aromatic nitrogens is 2. The molecule has 19 heavy (non-hydrogen) atoms. The molecule has 1 aliphatic rings. The van der Waals surface area contributed by atoms with E-state index in [0.717, 1.165) is 30.5 Å². The molecule has 1 fully saturated rings. The lowest BCUT2D eigenvalue weighted by atomic mass is 9.86. The highest BCUT2D eigenvalue weighted by atomic mass is 16.1. The smallest absolute Gasteiger partial charge is 0.317 e. The van der Waals surface area contributed by atoms with Gasteiger partial charge in [-0.25, -0.2) is 4.79 Å². The van der Waals surface area contributed by atoms with Gasteiger partial charge in [0, 0.05) is 7.05 Å². The fourth-order valence-corrected chi connectivity index (χ4v) is 3.32. The highest BCUT2D eigenvalue weighted by Crippen LogP contribution is 2.31. The van der Waals surface area contributed by atoms with E-state index >= 15 is 0 Å². The lowest BCUT2D eigenvalue weighted by Crippen LogP contribution is -2.27. The average molecular weight is 259 g/mol. The molecule has 3 rings (SSSR count). The SMILES string of the molecule is CCc1c(C2CCNCC2)ccc2[nH]c(=O)n(C)c12. The minimum Gasteiger partial charge on any atom is -0.317 e. The van der Waals surface area contributed by atoms with Gasteiger partial charge in [-0.3, -0.25) is 4.57 Å². The van der Waals surface area contributed by atoms with Crippen molar-refractivity contribution in [3.05, 3.63) is 33.7 Å². The van der Waals surface area contributed by atoms with Gasteiger partial charge in [0.2, 0.25) is 0 Å². The third-order valence-corrected chi connectivity index (χ3v) is 4.33. The summed E-state index contributed by atoms with van der Waals surface area (Å²) >= 11 is 0. The van der Waals surface area contributed by atoms with E-state index in [1.807, 2.05) is 7.05 Å². The Balaban J connectivity index is 2.19. The van der Waals surface area contributed by atoms with Crippen LogP contribution in [-0.2, 0) is 13.5 Å². The zero-order valence-electron chi connectivity index (χ0n) is 11.6. The maximum atomic E-state index is 11.8. The molecule has 2 N–H and O–H groups in total. The van der Waals surface area contributed by atoms with Crippen LogP contribution in [0.2, 0.25) is 0 Å². The Hall–Kier alpha value is -1.55. The lowest BCUT2D eigenvalue weighted by molar-refractivity contribution is 0.458. The molecule has 0 bridgehead atoms. The van der Waals surface area contributed by atoms with Gasteiger partial charge in [0.15, 0.2) is 0 Å². The molecule has 2 aromatic rings. The molecule has 0 spiro atoms. The Morgan fingerprint density at radius 3 is 2.74 bits per heavy atom. The van der Waals surface area contributed by atoms with Crippen LogP contribution in [0.1, 0.15) is 36.8 Å². The summed E-state index contributed by atoms with van der Waals surface area (Å²) in [5.41, 5.74) is 4.80. The van der Waals surface area contributed by atoms with E-state index in [-0.39, 0.29) is 5.69 Å². The van der Waals surface area contributed by atoms with Crippen molar-refractivity contribution in [3.8, 4) is 0 Å². The zero-order chi connectivity index (χ0) is 13.4. The summed E-state index contributed by atoms with van der Waals surface area (Å²) in [6.45, 7) is 4.37. The zero-order valence-corrected chi connectivity index (χ0v) is 11.6. The maximum Gasteiger partial charge on any atom is 0.326 e. The molecule has 4 nitrogen and oxygen atoms in total. The van der Waals surface area contributed by atoms with E-state index in [2.05, 4.69) is 29.4 Å². The standard InChI is InChI=1S/C15H21N3O/c1-3-11-12(10-6-8-16-9-7-10)4-5-13-14(11)18(2)15(19)17-13/h4-5,10,16H,3,6-9H2,1-2H3,(H,17,19). The number of H-pyrrole nitrogens is 1. The molecule has 1 aliphatic heterocycles. The summed E-state index contributed by atoms with van der Waals surface area (Å²) in [6.07, 6.45) is 3.36. The minimum atomic E-state index is -0.0211. The predicted molar refractivity (Wildman–Crippen MR) is 77.8 cm³/mol. The fraction of sp³-hybridized carbons (Fsp3) is 0.533. The van der Waals surface area contributed by atoms with Crippen LogP contribution in [0, 0.1) is 0 Å². The van der Waals surface area contributed by atoms with Gasteiger partial charge in [-0.05, 0) is 55.5 Å². The molecule has 102 valence electrons. The Labute approximate surface area is 112 Å². The van der Waals surface area contributed by atoms with Gasteiger partial charge in [0.05, 0.1) is 11.0 Å². The third kappa shape index (κ3) is 2.00. The molecule has 0 unspecified atom stereocenters. The van der Waals surface area contributed by atoms with E-state index in [1.54, 1.807) is 4.57 Å². The van der Waals surface area contributed by atoms with E-state index in [9.17, 15) is 4.79 Å². The van der Waals surface area contributed by atoms with Crippen molar-refractivity contribution in [2.45, 2.75) is 32.1 Å². The summed E-state index contributed by atoms with van der Waals surface area (Å²) in [7, 11) is 1.85. The van der Waals surface area contributed by atoms with Gasteiger partial charge in [-0.2, -0.15) is 0 Å². The van der Waals surface area contributed by atoms with Gasteiger partial charge < -0.3 is 10.3 Å². The van der Waals surface area contributed by atoms with Crippen LogP contribution in [0.5, 0.6) is 0 Å². The van der Waals surface area contributed by atoms with Crippen LogP contribution in [0.3, 0.4) is 0 Å². The van der Waals surface area contributed by atoms with Crippen molar-refractivity contribution in [1.29, 1.82) is 0 Å². The molecule has 0 saturated carbocycles. The Morgan fingerprint density at radius 1 is 1.32 bits per heavy atom. The van der Waals surface area contributed by atoms with Crippen LogP contribution in [-0.4, -0.2) is 22.6 Å². The van der Waals surface area contributed by atoms with E-state index < -0.39 is 0 Å². The van der Waals surface area contributed by atoms with Crippen molar-refractivity contribution in [3.63, 3.8) is 0 Å². The first kappa shape index (κ1) is 12.5. The summed E-state index contributed by atoms with van der Waals surface area (Å²) in [5.74, 6) is 0.630. The van der Waals surface area contributed by atoms with Crippen molar-refractivity contribution in [2.24, 2.45) is 7.05 Å². The number of fused-ring (bicyclic) bond motifs is 1. The molecule has 0 radical (unpaired) electrons. The first-order valence-electron chi connectivity index (χ1n) is 7.13. The highest BCUT2D eigenvalue weighted by molar-refractivity contribution is 5.80. The summed E-state index contributed by atoms with van der Waals surface area (Å²) in [6, 6.07) is 4.28. The number of nitrogens with one attached hydrogen (secondary N) is 2. The van der Waals surface area contributed by atoms with Gasteiger partial charge in [-0.15, -0.1) is 0 Å². The number of hydrogen-bond acceptors (Lipinski definition) is 2.